The maximum Gasteiger partial charge on any atom is 0.109 e. The minimum atomic E-state index is 0.249. The molecule has 0 amide bonds. The molecule has 0 saturated carbocycles. The average Bonchev–Trinajstić information content (AvgIpc) is 2.87. The lowest BCUT2D eigenvalue weighted by molar-refractivity contribution is 0.493. The lowest BCUT2D eigenvalue weighted by Gasteiger charge is -2.19. The molecule has 2 rings (SSSR count). The van der Waals surface area contributed by atoms with Crippen molar-refractivity contribution in [3.05, 3.63) is 50.9 Å². The van der Waals surface area contributed by atoms with Gasteiger partial charge in [0.05, 0.1) is 6.04 Å². The van der Waals surface area contributed by atoms with Crippen molar-refractivity contribution in [2.45, 2.75) is 39.3 Å². The Morgan fingerprint density at radius 3 is 2.74 bits per heavy atom. The summed E-state index contributed by atoms with van der Waals surface area (Å²) in [6, 6.07) is 8.48. The fourth-order valence-corrected chi connectivity index (χ4v) is 3.07. The highest BCUT2D eigenvalue weighted by atomic mass is 35.5. The molecule has 1 heterocycles. The molecule has 2 nitrogen and oxygen atoms in total. The lowest BCUT2D eigenvalue weighted by atomic mass is 10.1. The maximum atomic E-state index is 6.03. The number of nitrogens with one attached hydrogen (secondary N) is 1. The molecule has 1 N–H and O–H groups in total. The minimum Gasteiger partial charge on any atom is -0.302 e. The van der Waals surface area contributed by atoms with E-state index in [2.05, 4.69) is 37.1 Å². The van der Waals surface area contributed by atoms with E-state index in [1.165, 1.54) is 10.4 Å². The molecule has 0 bridgehead atoms. The first-order valence-corrected chi connectivity index (χ1v) is 7.75. The summed E-state index contributed by atoms with van der Waals surface area (Å²) in [5, 5.41) is 5.49. The van der Waals surface area contributed by atoms with Crippen LogP contribution in [-0.4, -0.2) is 4.98 Å². The van der Waals surface area contributed by atoms with Gasteiger partial charge >= 0.3 is 0 Å². The quantitative estimate of drug-likeness (QED) is 0.859. The molecule has 0 aliphatic heterocycles. The molecule has 2 aromatic rings. The van der Waals surface area contributed by atoms with Gasteiger partial charge in [0.25, 0.3) is 0 Å². The smallest absolute Gasteiger partial charge is 0.109 e. The van der Waals surface area contributed by atoms with Crippen LogP contribution < -0.4 is 5.32 Å². The Balaban J connectivity index is 2.03. The summed E-state index contributed by atoms with van der Waals surface area (Å²) in [6.45, 7) is 6.46. The normalized spacial score (nSPS) is 14.3. The molecule has 0 aliphatic carbocycles. The molecule has 19 heavy (non-hydrogen) atoms. The molecule has 2 unspecified atom stereocenters. The van der Waals surface area contributed by atoms with Crippen molar-refractivity contribution in [2.75, 3.05) is 0 Å². The Kier molecular flexibility index (Phi) is 4.97. The molecule has 0 aliphatic rings. The fourth-order valence-electron chi connectivity index (χ4n) is 2.00. The van der Waals surface area contributed by atoms with Crippen LogP contribution in [0.15, 0.2) is 30.5 Å². The third-order valence-corrected chi connectivity index (χ3v) is 4.70. The number of nitrogens with zero attached hydrogens (tertiary/aromatic N) is 1. The van der Waals surface area contributed by atoms with E-state index in [0.29, 0.717) is 0 Å². The first-order valence-electron chi connectivity index (χ1n) is 6.56. The van der Waals surface area contributed by atoms with Gasteiger partial charge in [-0.05, 0) is 38.0 Å². The number of thiazole rings is 1. The van der Waals surface area contributed by atoms with Gasteiger partial charge in [-0.15, -0.1) is 11.3 Å². The van der Waals surface area contributed by atoms with Gasteiger partial charge in [-0.25, -0.2) is 4.98 Å². The first kappa shape index (κ1) is 14.5. The summed E-state index contributed by atoms with van der Waals surface area (Å²) >= 11 is 7.81. The molecule has 4 heteroatoms. The van der Waals surface area contributed by atoms with Gasteiger partial charge in [0.2, 0.25) is 0 Å². The third kappa shape index (κ3) is 3.78. The molecular weight excluding hydrogens is 276 g/mol. The molecule has 2 atom stereocenters. The number of halogens is 1. The van der Waals surface area contributed by atoms with Crippen LogP contribution >= 0.6 is 22.9 Å². The number of benzene rings is 1. The van der Waals surface area contributed by atoms with E-state index in [4.69, 9.17) is 11.6 Å². The number of aromatic nitrogens is 1. The monoisotopic (exact) mass is 294 g/mol. The zero-order valence-corrected chi connectivity index (χ0v) is 13.1. The molecule has 1 aromatic carbocycles. The SMILES string of the molecule is CCc1cnc(C(C)NC(C)c2cccc(Cl)c2)s1. The van der Waals surface area contributed by atoms with Crippen LogP contribution in [-0.2, 0) is 6.42 Å². The van der Waals surface area contributed by atoms with E-state index in [0.717, 1.165) is 16.5 Å². The summed E-state index contributed by atoms with van der Waals surface area (Å²) in [5.41, 5.74) is 1.20. The van der Waals surface area contributed by atoms with Crippen LogP contribution in [0.25, 0.3) is 0 Å². The van der Waals surface area contributed by atoms with Crippen LogP contribution in [0, 0.1) is 0 Å². The van der Waals surface area contributed by atoms with E-state index in [-0.39, 0.29) is 12.1 Å². The zero-order chi connectivity index (χ0) is 13.8. The average molecular weight is 295 g/mol. The van der Waals surface area contributed by atoms with Crippen LogP contribution in [0.4, 0.5) is 0 Å². The third-order valence-electron chi connectivity index (χ3n) is 3.14. The molecule has 0 fully saturated rings. The highest BCUT2D eigenvalue weighted by Crippen LogP contribution is 2.24. The maximum absolute atomic E-state index is 6.03. The van der Waals surface area contributed by atoms with Crippen molar-refractivity contribution in [2.24, 2.45) is 0 Å². The molecule has 0 radical (unpaired) electrons. The van der Waals surface area contributed by atoms with Gasteiger partial charge in [0.1, 0.15) is 5.01 Å². The van der Waals surface area contributed by atoms with Crippen molar-refractivity contribution < 1.29 is 0 Å². The Morgan fingerprint density at radius 1 is 1.32 bits per heavy atom. The van der Waals surface area contributed by atoms with E-state index in [1.54, 1.807) is 11.3 Å². The van der Waals surface area contributed by atoms with E-state index in [1.807, 2.05) is 24.4 Å². The standard InChI is InChI=1S/C15H19ClN2S/c1-4-14-9-17-15(19-14)11(3)18-10(2)12-6-5-7-13(16)8-12/h5-11,18H,4H2,1-3H3. The van der Waals surface area contributed by atoms with Crippen molar-refractivity contribution in [1.29, 1.82) is 0 Å². The van der Waals surface area contributed by atoms with E-state index in [9.17, 15) is 0 Å². The predicted molar refractivity (Wildman–Crippen MR) is 82.9 cm³/mol. The second kappa shape index (κ2) is 6.51. The summed E-state index contributed by atoms with van der Waals surface area (Å²) in [7, 11) is 0. The summed E-state index contributed by atoms with van der Waals surface area (Å²) in [4.78, 5) is 5.81. The highest BCUT2D eigenvalue weighted by Gasteiger charge is 2.14. The summed E-state index contributed by atoms with van der Waals surface area (Å²) in [6.07, 6.45) is 3.02. The lowest BCUT2D eigenvalue weighted by Crippen LogP contribution is -2.22. The summed E-state index contributed by atoms with van der Waals surface area (Å²) < 4.78 is 0. The van der Waals surface area contributed by atoms with Crippen molar-refractivity contribution >= 4 is 22.9 Å². The largest absolute Gasteiger partial charge is 0.302 e. The molecule has 0 saturated heterocycles. The van der Waals surface area contributed by atoms with Crippen LogP contribution in [0.5, 0.6) is 0 Å². The Hall–Kier alpha value is -0.900. The molecule has 102 valence electrons. The summed E-state index contributed by atoms with van der Waals surface area (Å²) in [5.74, 6) is 0. The number of hydrogen-bond donors (Lipinski definition) is 1. The zero-order valence-electron chi connectivity index (χ0n) is 11.5. The second-order valence-electron chi connectivity index (χ2n) is 4.68. The fraction of sp³-hybridized carbons (Fsp3) is 0.400. The van der Waals surface area contributed by atoms with Crippen LogP contribution in [0.1, 0.15) is 48.3 Å². The van der Waals surface area contributed by atoms with Gasteiger partial charge in [0.15, 0.2) is 0 Å². The van der Waals surface area contributed by atoms with Gasteiger partial charge < -0.3 is 5.32 Å². The Morgan fingerprint density at radius 2 is 2.11 bits per heavy atom. The highest BCUT2D eigenvalue weighted by molar-refractivity contribution is 7.11. The minimum absolute atomic E-state index is 0.249. The van der Waals surface area contributed by atoms with E-state index < -0.39 is 0 Å². The van der Waals surface area contributed by atoms with Gasteiger partial charge in [-0.3, -0.25) is 0 Å². The first-order chi connectivity index (χ1) is 9.10. The number of rotatable bonds is 5. The molecule has 1 aromatic heterocycles. The molecular formula is C15H19ClN2S. The van der Waals surface area contributed by atoms with Gasteiger partial charge in [-0.2, -0.15) is 0 Å². The van der Waals surface area contributed by atoms with Gasteiger partial charge in [0, 0.05) is 22.1 Å². The van der Waals surface area contributed by atoms with Crippen LogP contribution in [0.2, 0.25) is 5.02 Å². The Labute approximate surface area is 123 Å². The number of hydrogen-bond acceptors (Lipinski definition) is 3. The van der Waals surface area contributed by atoms with Crippen molar-refractivity contribution in [3.8, 4) is 0 Å². The van der Waals surface area contributed by atoms with E-state index >= 15 is 0 Å². The topological polar surface area (TPSA) is 24.9 Å². The predicted octanol–water partition coefficient (Wildman–Crippen LogP) is 4.77. The Bertz CT molecular complexity index is 538. The van der Waals surface area contributed by atoms with Crippen molar-refractivity contribution in [1.82, 2.24) is 10.3 Å². The number of aryl methyl sites for hydroxylation is 1. The molecule has 0 spiro atoms. The van der Waals surface area contributed by atoms with Crippen molar-refractivity contribution in [3.63, 3.8) is 0 Å². The van der Waals surface area contributed by atoms with Crippen LogP contribution in [0.3, 0.4) is 0 Å². The van der Waals surface area contributed by atoms with Gasteiger partial charge in [-0.1, -0.05) is 30.7 Å². The second-order valence-corrected chi connectivity index (χ2v) is 6.27.